The Kier molecular flexibility index (Phi) is 3.57. The molecular formula is C11H19NO4. The molecule has 1 aliphatic carbocycles. The smallest absolute Gasteiger partial charge is 0.319 e. The fourth-order valence-electron chi connectivity index (χ4n) is 2.31. The van der Waals surface area contributed by atoms with Crippen LogP contribution in [0.15, 0.2) is 0 Å². The fraction of sp³-hybridized carbons (Fsp3) is 0.818. The topological polar surface area (TPSA) is 101 Å². The van der Waals surface area contributed by atoms with Crippen LogP contribution in [0.5, 0.6) is 0 Å². The van der Waals surface area contributed by atoms with Gasteiger partial charge < -0.3 is 15.9 Å². The third-order valence-electron chi connectivity index (χ3n) is 3.48. The average Bonchev–Trinajstić information content (AvgIpc) is 2.17. The van der Waals surface area contributed by atoms with Crippen LogP contribution in [0.4, 0.5) is 0 Å². The minimum atomic E-state index is -1.67. The second kappa shape index (κ2) is 4.41. The maximum absolute atomic E-state index is 11.2. The molecule has 5 heteroatoms. The maximum Gasteiger partial charge on any atom is 0.319 e. The average molecular weight is 229 g/mol. The van der Waals surface area contributed by atoms with Crippen LogP contribution in [0.2, 0.25) is 0 Å². The summed E-state index contributed by atoms with van der Waals surface area (Å²) < 4.78 is 0. The Hall–Kier alpha value is -1.10. The summed E-state index contributed by atoms with van der Waals surface area (Å²) in [4.78, 5) is 22.3. The zero-order valence-electron chi connectivity index (χ0n) is 9.53. The highest BCUT2D eigenvalue weighted by atomic mass is 16.4. The van der Waals surface area contributed by atoms with E-state index >= 15 is 0 Å². The lowest BCUT2D eigenvalue weighted by Crippen LogP contribution is -2.48. The number of aliphatic carboxylic acids is 1. The Labute approximate surface area is 94.6 Å². The minimum absolute atomic E-state index is 0.0926. The summed E-state index contributed by atoms with van der Waals surface area (Å²) in [6, 6.07) is 0. The number of carbonyl (C=O) groups is 2. The first-order valence-electron chi connectivity index (χ1n) is 5.56. The van der Waals surface area contributed by atoms with E-state index in [-0.39, 0.29) is 6.42 Å². The number of aliphatic hydroxyl groups is 1. The van der Waals surface area contributed by atoms with Gasteiger partial charge in [-0.3, -0.25) is 9.59 Å². The van der Waals surface area contributed by atoms with Crippen molar-refractivity contribution >= 4 is 11.9 Å². The number of nitrogens with two attached hydrogens (primary N) is 1. The number of primary amides is 1. The van der Waals surface area contributed by atoms with Crippen LogP contribution in [0, 0.1) is 5.41 Å². The summed E-state index contributed by atoms with van der Waals surface area (Å²) in [6.45, 7) is 1.28. The molecule has 1 unspecified atom stereocenters. The van der Waals surface area contributed by atoms with Gasteiger partial charge in [-0.1, -0.05) is 19.3 Å². The lowest BCUT2D eigenvalue weighted by atomic mass is 9.72. The molecule has 4 N–H and O–H groups in total. The van der Waals surface area contributed by atoms with E-state index < -0.39 is 22.9 Å². The lowest BCUT2D eigenvalue weighted by molar-refractivity contribution is -0.159. The summed E-state index contributed by atoms with van der Waals surface area (Å²) >= 11 is 0. The predicted molar refractivity (Wildman–Crippen MR) is 57.6 cm³/mol. The van der Waals surface area contributed by atoms with Gasteiger partial charge in [0.2, 0.25) is 5.91 Å². The van der Waals surface area contributed by atoms with Crippen molar-refractivity contribution in [1.82, 2.24) is 0 Å². The number of carboxylic acid groups (broad SMARTS) is 1. The summed E-state index contributed by atoms with van der Waals surface area (Å²) in [6.07, 6.45) is 3.77. The van der Waals surface area contributed by atoms with Crippen molar-refractivity contribution in [2.24, 2.45) is 11.1 Å². The SMILES string of the molecule is CC(CC1(O)CCCCC1)(C(N)=O)C(=O)O. The number of hydrogen-bond donors (Lipinski definition) is 3. The summed E-state index contributed by atoms with van der Waals surface area (Å²) in [7, 11) is 0. The van der Waals surface area contributed by atoms with Crippen molar-refractivity contribution in [3.8, 4) is 0 Å². The molecule has 0 aliphatic heterocycles. The van der Waals surface area contributed by atoms with Crippen LogP contribution < -0.4 is 5.73 Å². The van der Waals surface area contributed by atoms with Crippen LogP contribution in [0.3, 0.4) is 0 Å². The van der Waals surface area contributed by atoms with Gasteiger partial charge >= 0.3 is 5.97 Å². The molecule has 1 saturated carbocycles. The Morgan fingerprint density at radius 2 is 1.81 bits per heavy atom. The van der Waals surface area contributed by atoms with E-state index in [1.807, 2.05) is 0 Å². The van der Waals surface area contributed by atoms with E-state index in [4.69, 9.17) is 10.8 Å². The number of carbonyl (C=O) groups excluding carboxylic acids is 1. The van der Waals surface area contributed by atoms with Gasteiger partial charge in [0.05, 0.1) is 5.60 Å². The van der Waals surface area contributed by atoms with Crippen LogP contribution in [0.25, 0.3) is 0 Å². The molecule has 1 atom stereocenters. The normalized spacial score (nSPS) is 23.4. The van der Waals surface area contributed by atoms with Gasteiger partial charge in [0.15, 0.2) is 0 Å². The van der Waals surface area contributed by atoms with Crippen LogP contribution in [-0.4, -0.2) is 27.7 Å². The van der Waals surface area contributed by atoms with Crippen molar-refractivity contribution < 1.29 is 19.8 Å². The molecule has 0 aromatic heterocycles. The van der Waals surface area contributed by atoms with E-state index in [9.17, 15) is 14.7 Å². The van der Waals surface area contributed by atoms with Gasteiger partial charge in [-0.15, -0.1) is 0 Å². The number of rotatable bonds is 4. The highest BCUT2D eigenvalue weighted by molar-refractivity contribution is 6.00. The predicted octanol–water partition coefficient (Wildman–Crippen LogP) is 0.648. The summed E-state index contributed by atoms with van der Waals surface area (Å²) in [5, 5.41) is 19.3. The maximum atomic E-state index is 11.2. The van der Waals surface area contributed by atoms with Crippen LogP contribution in [-0.2, 0) is 9.59 Å². The fourth-order valence-corrected chi connectivity index (χ4v) is 2.31. The molecular weight excluding hydrogens is 210 g/mol. The minimum Gasteiger partial charge on any atom is -0.480 e. The highest BCUT2D eigenvalue weighted by Gasteiger charge is 2.46. The Morgan fingerprint density at radius 1 is 1.31 bits per heavy atom. The van der Waals surface area contributed by atoms with Crippen molar-refractivity contribution in [3.63, 3.8) is 0 Å². The van der Waals surface area contributed by atoms with Crippen molar-refractivity contribution in [1.29, 1.82) is 0 Å². The number of amides is 1. The van der Waals surface area contributed by atoms with Gasteiger partial charge in [-0.2, -0.15) is 0 Å². The summed E-state index contributed by atoms with van der Waals surface area (Å²) in [5.74, 6) is -2.15. The van der Waals surface area contributed by atoms with Gasteiger partial charge in [0, 0.05) is 6.42 Å². The van der Waals surface area contributed by atoms with Gasteiger partial charge in [0.25, 0.3) is 0 Å². The zero-order chi connectivity index (χ0) is 12.4. The first-order chi connectivity index (χ1) is 7.30. The number of hydrogen-bond acceptors (Lipinski definition) is 3. The molecule has 1 aliphatic rings. The largest absolute Gasteiger partial charge is 0.480 e. The molecule has 5 nitrogen and oxygen atoms in total. The molecule has 1 fully saturated rings. The van der Waals surface area contributed by atoms with E-state index in [1.165, 1.54) is 6.92 Å². The van der Waals surface area contributed by atoms with E-state index in [2.05, 4.69) is 0 Å². The molecule has 1 rings (SSSR count). The van der Waals surface area contributed by atoms with Gasteiger partial charge in [-0.25, -0.2) is 0 Å². The molecule has 0 radical (unpaired) electrons. The second-order valence-corrected chi connectivity index (χ2v) is 4.96. The molecule has 0 heterocycles. The quantitative estimate of drug-likeness (QED) is 0.616. The molecule has 0 aromatic carbocycles. The first-order valence-corrected chi connectivity index (χ1v) is 5.56. The van der Waals surface area contributed by atoms with Gasteiger partial charge in [-0.05, 0) is 19.8 Å². The number of carboxylic acids is 1. The monoisotopic (exact) mass is 229 g/mol. The molecule has 1 amide bonds. The summed E-state index contributed by atoms with van der Waals surface area (Å²) in [5.41, 5.74) is 2.39. The molecule has 0 spiro atoms. The Morgan fingerprint density at radius 3 is 2.19 bits per heavy atom. The third-order valence-corrected chi connectivity index (χ3v) is 3.48. The first kappa shape index (κ1) is 13.0. The van der Waals surface area contributed by atoms with Crippen LogP contribution >= 0.6 is 0 Å². The molecule has 92 valence electrons. The van der Waals surface area contributed by atoms with Crippen LogP contribution in [0.1, 0.15) is 45.4 Å². The molecule has 0 aromatic rings. The van der Waals surface area contributed by atoms with Crippen molar-refractivity contribution in [2.75, 3.05) is 0 Å². The van der Waals surface area contributed by atoms with Crippen molar-refractivity contribution in [3.05, 3.63) is 0 Å². The van der Waals surface area contributed by atoms with Crippen molar-refractivity contribution in [2.45, 2.75) is 51.0 Å². The van der Waals surface area contributed by atoms with E-state index in [0.717, 1.165) is 19.3 Å². The Balaban J connectivity index is 2.82. The lowest BCUT2D eigenvalue weighted by Gasteiger charge is -2.37. The second-order valence-electron chi connectivity index (χ2n) is 4.96. The molecule has 0 bridgehead atoms. The Bertz CT molecular complexity index is 280. The standard InChI is InChI=1S/C11H19NO4/c1-10(8(12)13,9(14)15)7-11(16)5-3-2-4-6-11/h16H,2-7H2,1H3,(H2,12,13)(H,14,15). The van der Waals surface area contributed by atoms with E-state index in [0.29, 0.717) is 12.8 Å². The molecule has 0 saturated heterocycles. The van der Waals surface area contributed by atoms with Gasteiger partial charge in [0.1, 0.15) is 5.41 Å². The highest BCUT2D eigenvalue weighted by Crippen LogP contribution is 2.38. The zero-order valence-corrected chi connectivity index (χ0v) is 9.53. The third kappa shape index (κ3) is 2.52. The molecule has 16 heavy (non-hydrogen) atoms. The van der Waals surface area contributed by atoms with E-state index in [1.54, 1.807) is 0 Å².